The lowest BCUT2D eigenvalue weighted by Crippen LogP contribution is -2.48. The summed E-state index contributed by atoms with van der Waals surface area (Å²) in [5, 5.41) is 16.8. The van der Waals surface area contributed by atoms with Crippen molar-refractivity contribution < 1.29 is 19.0 Å². The number of aliphatic hydroxyl groups excluding tert-OH is 1. The van der Waals surface area contributed by atoms with E-state index in [0.717, 1.165) is 50.5 Å². The summed E-state index contributed by atoms with van der Waals surface area (Å²) < 4.78 is 24.4. The molecule has 0 radical (unpaired) electrons. The number of likely N-dealkylation sites (tertiary alicyclic amines) is 1. The van der Waals surface area contributed by atoms with E-state index in [4.69, 9.17) is 9.47 Å². The summed E-state index contributed by atoms with van der Waals surface area (Å²) in [6.07, 6.45) is 1.34. The van der Waals surface area contributed by atoms with Crippen LogP contribution >= 0.6 is 0 Å². The summed E-state index contributed by atoms with van der Waals surface area (Å²) in [4.78, 5) is 6.85. The van der Waals surface area contributed by atoms with E-state index in [0.29, 0.717) is 31.7 Å². The molecule has 1 saturated heterocycles. The second-order valence-corrected chi connectivity index (χ2v) is 8.47. The van der Waals surface area contributed by atoms with Gasteiger partial charge >= 0.3 is 0 Å². The molecule has 7 nitrogen and oxygen atoms in total. The van der Waals surface area contributed by atoms with Crippen LogP contribution in [0.15, 0.2) is 23.2 Å². The summed E-state index contributed by atoms with van der Waals surface area (Å²) in [5.74, 6) is 1.13. The minimum Gasteiger partial charge on any atom is -0.494 e. The highest BCUT2D eigenvalue weighted by molar-refractivity contribution is 5.80. The van der Waals surface area contributed by atoms with Gasteiger partial charge in [-0.2, -0.15) is 0 Å². The molecule has 0 aromatic heterocycles. The fraction of sp³-hybridized carbons (Fsp3) is 0.696. The molecule has 0 spiro atoms. The second-order valence-electron chi connectivity index (χ2n) is 8.47. The van der Waals surface area contributed by atoms with Crippen molar-refractivity contribution in [1.82, 2.24) is 15.5 Å². The fourth-order valence-electron chi connectivity index (χ4n) is 3.50. The van der Waals surface area contributed by atoms with Crippen LogP contribution in [0.5, 0.6) is 5.75 Å². The lowest BCUT2D eigenvalue weighted by Gasteiger charge is -2.33. The highest BCUT2D eigenvalue weighted by atomic mass is 19.1. The van der Waals surface area contributed by atoms with Gasteiger partial charge in [0, 0.05) is 38.8 Å². The standard InChI is InChI=1S/C23H39FN4O3/c1-5-25-23(26-13-20(29)16-31-15-17(2)3)27-19-8-10-28(11-9-19)14-18-6-7-22(30-4)21(24)12-18/h6-7,12,17,19-20,29H,5,8-11,13-16H2,1-4H3,(H2,25,26,27). The number of halogens is 1. The normalized spacial score (nSPS) is 17.1. The number of aliphatic imine (C=N–C) groups is 1. The van der Waals surface area contributed by atoms with E-state index in [1.165, 1.54) is 7.11 Å². The Balaban J connectivity index is 1.77. The summed E-state index contributed by atoms with van der Waals surface area (Å²) in [7, 11) is 1.47. The number of guanidine groups is 1. The van der Waals surface area contributed by atoms with Crippen LogP contribution in [0.25, 0.3) is 0 Å². The zero-order valence-electron chi connectivity index (χ0n) is 19.4. The van der Waals surface area contributed by atoms with E-state index in [9.17, 15) is 9.50 Å². The molecule has 1 heterocycles. The maximum atomic E-state index is 13.9. The quantitative estimate of drug-likeness (QED) is 0.364. The van der Waals surface area contributed by atoms with Crippen LogP contribution in [0.1, 0.15) is 39.2 Å². The van der Waals surface area contributed by atoms with Crippen LogP contribution in [-0.2, 0) is 11.3 Å². The Bertz CT molecular complexity index is 679. The number of benzene rings is 1. The Morgan fingerprint density at radius 2 is 2.03 bits per heavy atom. The van der Waals surface area contributed by atoms with Crippen molar-refractivity contribution in [2.45, 2.75) is 52.3 Å². The molecule has 3 N–H and O–H groups in total. The van der Waals surface area contributed by atoms with E-state index in [2.05, 4.69) is 34.4 Å². The van der Waals surface area contributed by atoms with Crippen molar-refractivity contribution in [3.63, 3.8) is 0 Å². The van der Waals surface area contributed by atoms with Crippen molar-refractivity contribution in [3.05, 3.63) is 29.6 Å². The third-order valence-electron chi connectivity index (χ3n) is 5.12. The van der Waals surface area contributed by atoms with Crippen molar-refractivity contribution in [2.24, 2.45) is 10.9 Å². The zero-order valence-corrected chi connectivity index (χ0v) is 19.4. The molecule has 0 aliphatic carbocycles. The molecule has 0 amide bonds. The van der Waals surface area contributed by atoms with E-state index < -0.39 is 6.10 Å². The monoisotopic (exact) mass is 438 g/mol. The van der Waals surface area contributed by atoms with Gasteiger partial charge in [0.1, 0.15) is 0 Å². The predicted molar refractivity (Wildman–Crippen MR) is 122 cm³/mol. The van der Waals surface area contributed by atoms with Crippen LogP contribution in [-0.4, -0.2) is 74.6 Å². The summed E-state index contributed by atoms with van der Waals surface area (Å²) in [5.41, 5.74) is 0.952. The molecule has 1 aromatic rings. The van der Waals surface area contributed by atoms with Crippen LogP contribution in [0.3, 0.4) is 0 Å². The van der Waals surface area contributed by atoms with Crippen molar-refractivity contribution in [2.75, 3.05) is 46.5 Å². The predicted octanol–water partition coefficient (Wildman–Crippen LogP) is 2.39. The molecule has 2 rings (SSSR count). The number of hydrogen-bond donors (Lipinski definition) is 3. The van der Waals surface area contributed by atoms with E-state index >= 15 is 0 Å². The van der Waals surface area contributed by atoms with Gasteiger partial charge in [0.05, 0.1) is 26.4 Å². The third kappa shape index (κ3) is 9.41. The summed E-state index contributed by atoms with van der Waals surface area (Å²) in [6.45, 7) is 10.8. The molecule has 1 aromatic carbocycles. The number of rotatable bonds is 11. The Hall–Kier alpha value is -1.90. The van der Waals surface area contributed by atoms with Gasteiger partial charge in [-0.05, 0) is 43.4 Å². The molecular formula is C23H39FN4O3. The first-order valence-corrected chi connectivity index (χ1v) is 11.3. The van der Waals surface area contributed by atoms with Crippen LogP contribution < -0.4 is 15.4 Å². The van der Waals surface area contributed by atoms with Crippen LogP contribution in [0.4, 0.5) is 4.39 Å². The summed E-state index contributed by atoms with van der Waals surface area (Å²) >= 11 is 0. The van der Waals surface area contributed by atoms with Gasteiger partial charge in [-0.1, -0.05) is 19.9 Å². The second kappa shape index (κ2) is 13.5. The van der Waals surface area contributed by atoms with Gasteiger partial charge < -0.3 is 25.2 Å². The van der Waals surface area contributed by atoms with Gasteiger partial charge in [0.25, 0.3) is 0 Å². The molecule has 1 aliphatic heterocycles. The topological polar surface area (TPSA) is 78.4 Å². The van der Waals surface area contributed by atoms with E-state index in [1.54, 1.807) is 12.1 Å². The van der Waals surface area contributed by atoms with Crippen LogP contribution in [0.2, 0.25) is 0 Å². The van der Waals surface area contributed by atoms with E-state index in [-0.39, 0.29) is 11.6 Å². The molecule has 0 saturated carbocycles. The van der Waals surface area contributed by atoms with Gasteiger partial charge in [-0.15, -0.1) is 0 Å². The highest BCUT2D eigenvalue weighted by Gasteiger charge is 2.20. The number of nitrogens with one attached hydrogen (secondary N) is 2. The maximum Gasteiger partial charge on any atom is 0.191 e. The first-order valence-electron chi connectivity index (χ1n) is 11.3. The van der Waals surface area contributed by atoms with Gasteiger partial charge in [0.2, 0.25) is 0 Å². The van der Waals surface area contributed by atoms with Crippen molar-refractivity contribution >= 4 is 5.96 Å². The Morgan fingerprint density at radius 1 is 1.29 bits per heavy atom. The van der Waals surface area contributed by atoms with Gasteiger partial charge in [-0.25, -0.2) is 4.39 Å². The SMILES string of the molecule is CCNC(=NCC(O)COCC(C)C)NC1CCN(Cc2ccc(OC)c(F)c2)CC1. The first kappa shape index (κ1) is 25.4. The first-order chi connectivity index (χ1) is 14.9. The molecular weight excluding hydrogens is 399 g/mol. The summed E-state index contributed by atoms with van der Waals surface area (Å²) in [6, 6.07) is 5.46. The number of hydrogen-bond acceptors (Lipinski definition) is 5. The third-order valence-corrected chi connectivity index (χ3v) is 5.12. The Labute approximate surface area is 186 Å². The minimum atomic E-state index is -0.610. The average Bonchev–Trinajstić information content (AvgIpc) is 2.73. The lowest BCUT2D eigenvalue weighted by molar-refractivity contribution is 0.0301. The molecule has 1 atom stereocenters. The largest absolute Gasteiger partial charge is 0.494 e. The molecule has 31 heavy (non-hydrogen) atoms. The highest BCUT2D eigenvalue weighted by Crippen LogP contribution is 2.20. The van der Waals surface area contributed by atoms with E-state index in [1.807, 2.05) is 13.0 Å². The average molecular weight is 439 g/mol. The Kier molecular flexibility index (Phi) is 11.0. The number of nitrogens with zero attached hydrogens (tertiary/aromatic N) is 2. The number of ether oxygens (including phenoxy) is 2. The molecule has 8 heteroatoms. The zero-order chi connectivity index (χ0) is 22.6. The fourth-order valence-corrected chi connectivity index (χ4v) is 3.50. The lowest BCUT2D eigenvalue weighted by atomic mass is 10.0. The van der Waals surface area contributed by atoms with Crippen LogP contribution in [0, 0.1) is 11.7 Å². The number of aliphatic hydroxyl groups is 1. The smallest absolute Gasteiger partial charge is 0.191 e. The minimum absolute atomic E-state index is 0.276. The molecule has 1 unspecified atom stereocenters. The van der Waals surface area contributed by atoms with Crippen molar-refractivity contribution in [1.29, 1.82) is 0 Å². The van der Waals surface area contributed by atoms with Gasteiger partial charge in [0.15, 0.2) is 17.5 Å². The molecule has 1 fully saturated rings. The Morgan fingerprint density at radius 3 is 2.65 bits per heavy atom. The molecule has 176 valence electrons. The number of piperidine rings is 1. The van der Waals surface area contributed by atoms with Crippen molar-refractivity contribution in [3.8, 4) is 5.75 Å². The van der Waals surface area contributed by atoms with Gasteiger partial charge in [-0.3, -0.25) is 9.89 Å². The maximum absolute atomic E-state index is 13.9. The molecule has 1 aliphatic rings. The molecule has 0 bridgehead atoms. The number of methoxy groups -OCH3 is 1.